The molecule has 2 N–H and O–H groups in total. The van der Waals surface area contributed by atoms with Gasteiger partial charge in [-0.3, -0.25) is 4.90 Å². The van der Waals surface area contributed by atoms with E-state index in [-0.39, 0.29) is 0 Å². The average Bonchev–Trinajstić information content (AvgIpc) is 2.69. The van der Waals surface area contributed by atoms with Gasteiger partial charge in [-0.1, -0.05) is 0 Å². The van der Waals surface area contributed by atoms with Gasteiger partial charge in [0.25, 0.3) is 0 Å². The highest BCUT2D eigenvalue weighted by Gasteiger charge is 2.23. The molecule has 90 valence electrons. The maximum Gasteiger partial charge on any atom is 0.0625 e. The van der Waals surface area contributed by atoms with Gasteiger partial charge in [-0.15, -0.1) is 0 Å². The second-order valence-corrected chi connectivity index (χ2v) is 4.63. The van der Waals surface area contributed by atoms with Crippen molar-refractivity contribution in [2.24, 2.45) is 12.8 Å². The smallest absolute Gasteiger partial charge is 0.0625 e. The van der Waals surface area contributed by atoms with E-state index >= 15 is 0 Å². The Hall–Kier alpha value is -0.840. The molecule has 0 saturated carbocycles. The van der Waals surface area contributed by atoms with Crippen LogP contribution in [0.25, 0.3) is 0 Å². The van der Waals surface area contributed by atoms with Crippen molar-refractivity contribution in [3.8, 4) is 0 Å². The van der Waals surface area contributed by atoms with Gasteiger partial charge in [0.15, 0.2) is 0 Å². The van der Waals surface area contributed by atoms with Crippen LogP contribution in [0, 0.1) is 0 Å². The first kappa shape index (κ1) is 11.6. The normalized spacial score (nSPS) is 21.2. The minimum Gasteiger partial charge on any atom is -0.353 e. The van der Waals surface area contributed by atoms with E-state index in [4.69, 9.17) is 5.73 Å². The van der Waals surface area contributed by atoms with E-state index in [0.29, 0.717) is 12.6 Å². The van der Waals surface area contributed by atoms with E-state index in [1.807, 2.05) is 0 Å². The molecular formula is C12H22N4. The van der Waals surface area contributed by atoms with Crippen LogP contribution in [0.1, 0.15) is 11.7 Å². The predicted octanol–water partition coefficient (Wildman–Crippen LogP) is 0.272. The first-order chi connectivity index (χ1) is 7.72. The van der Waals surface area contributed by atoms with Gasteiger partial charge in [0.05, 0.1) is 6.04 Å². The van der Waals surface area contributed by atoms with Crippen molar-refractivity contribution in [1.82, 2.24) is 14.4 Å². The Morgan fingerprint density at radius 3 is 2.44 bits per heavy atom. The second-order valence-electron chi connectivity index (χ2n) is 4.63. The third-order valence-electron chi connectivity index (χ3n) is 3.53. The van der Waals surface area contributed by atoms with Crippen LogP contribution in [-0.4, -0.2) is 54.1 Å². The third kappa shape index (κ3) is 2.29. The molecule has 1 aromatic rings. The zero-order valence-electron chi connectivity index (χ0n) is 10.3. The number of rotatable bonds is 3. The van der Waals surface area contributed by atoms with Crippen molar-refractivity contribution >= 4 is 0 Å². The molecule has 1 fully saturated rings. The third-order valence-corrected chi connectivity index (χ3v) is 3.53. The predicted molar refractivity (Wildman–Crippen MR) is 66.3 cm³/mol. The van der Waals surface area contributed by atoms with Crippen LogP contribution in [0.2, 0.25) is 0 Å². The van der Waals surface area contributed by atoms with Crippen molar-refractivity contribution in [3.63, 3.8) is 0 Å². The van der Waals surface area contributed by atoms with E-state index in [1.54, 1.807) is 0 Å². The summed E-state index contributed by atoms with van der Waals surface area (Å²) in [6.45, 7) is 5.20. The summed E-state index contributed by atoms with van der Waals surface area (Å²) >= 11 is 0. The fraction of sp³-hybridized carbons (Fsp3) is 0.667. The van der Waals surface area contributed by atoms with E-state index in [0.717, 1.165) is 26.2 Å². The lowest BCUT2D eigenvalue weighted by Crippen LogP contribution is -2.47. The van der Waals surface area contributed by atoms with Crippen LogP contribution in [0.4, 0.5) is 0 Å². The van der Waals surface area contributed by atoms with Gasteiger partial charge in [0.1, 0.15) is 0 Å². The molecule has 0 amide bonds. The largest absolute Gasteiger partial charge is 0.353 e. The van der Waals surface area contributed by atoms with Crippen LogP contribution >= 0.6 is 0 Å². The fourth-order valence-electron chi connectivity index (χ4n) is 2.41. The maximum atomic E-state index is 5.93. The van der Waals surface area contributed by atoms with Gasteiger partial charge in [0, 0.05) is 51.7 Å². The number of likely N-dealkylation sites (N-methyl/N-ethyl adjacent to an activating group) is 1. The van der Waals surface area contributed by atoms with Crippen LogP contribution in [-0.2, 0) is 7.05 Å². The highest BCUT2D eigenvalue weighted by molar-refractivity contribution is 5.12. The molecule has 1 unspecified atom stereocenters. The molecular weight excluding hydrogens is 200 g/mol. The summed E-state index contributed by atoms with van der Waals surface area (Å²) < 4.78 is 2.18. The zero-order chi connectivity index (χ0) is 11.5. The topological polar surface area (TPSA) is 37.4 Å². The highest BCUT2D eigenvalue weighted by Crippen LogP contribution is 2.20. The molecule has 0 bridgehead atoms. The lowest BCUT2D eigenvalue weighted by Gasteiger charge is -2.37. The molecule has 0 spiro atoms. The molecule has 0 radical (unpaired) electrons. The van der Waals surface area contributed by atoms with Crippen molar-refractivity contribution < 1.29 is 0 Å². The van der Waals surface area contributed by atoms with Crippen molar-refractivity contribution in [3.05, 3.63) is 24.0 Å². The van der Waals surface area contributed by atoms with Gasteiger partial charge < -0.3 is 15.2 Å². The molecule has 2 rings (SSSR count). The standard InChI is InChI=1S/C12H22N4/c1-14-6-8-16(9-7-14)12(10-13)11-4-3-5-15(11)2/h3-5,12H,6-10,13H2,1-2H3. The summed E-state index contributed by atoms with van der Waals surface area (Å²) in [5.41, 5.74) is 7.26. The van der Waals surface area contributed by atoms with E-state index in [1.165, 1.54) is 5.69 Å². The average molecular weight is 222 g/mol. The van der Waals surface area contributed by atoms with Crippen molar-refractivity contribution in [2.75, 3.05) is 39.8 Å². The molecule has 1 saturated heterocycles. The van der Waals surface area contributed by atoms with Crippen LogP contribution in [0.3, 0.4) is 0 Å². The van der Waals surface area contributed by atoms with E-state index in [2.05, 4.69) is 46.8 Å². The number of piperazine rings is 1. The Bertz CT molecular complexity index is 326. The minimum absolute atomic E-state index is 0.369. The SMILES string of the molecule is CN1CCN(C(CN)c2cccn2C)CC1. The molecule has 1 aliphatic rings. The molecule has 1 aromatic heterocycles. The first-order valence-corrected chi connectivity index (χ1v) is 5.96. The van der Waals surface area contributed by atoms with Gasteiger partial charge in [-0.2, -0.15) is 0 Å². The van der Waals surface area contributed by atoms with Gasteiger partial charge >= 0.3 is 0 Å². The number of aryl methyl sites for hydroxylation is 1. The minimum atomic E-state index is 0.369. The monoisotopic (exact) mass is 222 g/mol. The Morgan fingerprint density at radius 1 is 1.25 bits per heavy atom. The second kappa shape index (κ2) is 4.99. The van der Waals surface area contributed by atoms with Gasteiger partial charge in [-0.05, 0) is 19.2 Å². The lowest BCUT2D eigenvalue weighted by molar-refractivity contribution is 0.111. The molecule has 2 heterocycles. The molecule has 4 heteroatoms. The van der Waals surface area contributed by atoms with Gasteiger partial charge in [0.2, 0.25) is 0 Å². The number of aromatic nitrogens is 1. The summed E-state index contributed by atoms with van der Waals surface area (Å²) in [5.74, 6) is 0. The van der Waals surface area contributed by atoms with Crippen molar-refractivity contribution in [1.29, 1.82) is 0 Å². The number of hydrogen-bond acceptors (Lipinski definition) is 3. The molecule has 0 aromatic carbocycles. The molecule has 0 aliphatic carbocycles. The van der Waals surface area contributed by atoms with Crippen LogP contribution < -0.4 is 5.73 Å². The van der Waals surface area contributed by atoms with Crippen LogP contribution in [0.5, 0.6) is 0 Å². The Labute approximate surface area is 97.6 Å². The van der Waals surface area contributed by atoms with Gasteiger partial charge in [-0.25, -0.2) is 0 Å². The summed E-state index contributed by atoms with van der Waals surface area (Å²) in [6, 6.07) is 4.64. The Balaban J connectivity index is 2.08. The quantitative estimate of drug-likeness (QED) is 0.798. The number of nitrogens with two attached hydrogens (primary N) is 1. The summed E-state index contributed by atoms with van der Waals surface area (Å²) in [7, 11) is 4.27. The summed E-state index contributed by atoms with van der Waals surface area (Å²) in [4.78, 5) is 4.87. The summed E-state index contributed by atoms with van der Waals surface area (Å²) in [5, 5.41) is 0. The summed E-state index contributed by atoms with van der Waals surface area (Å²) in [6.07, 6.45) is 2.09. The molecule has 1 atom stereocenters. The molecule has 1 aliphatic heterocycles. The van der Waals surface area contributed by atoms with Crippen LogP contribution in [0.15, 0.2) is 18.3 Å². The number of nitrogens with zero attached hydrogens (tertiary/aromatic N) is 3. The zero-order valence-corrected chi connectivity index (χ0v) is 10.3. The fourth-order valence-corrected chi connectivity index (χ4v) is 2.41. The Morgan fingerprint density at radius 2 is 1.94 bits per heavy atom. The molecule has 16 heavy (non-hydrogen) atoms. The lowest BCUT2D eigenvalue weighted by atomic mass is 10.1. The Kier molecular flexibility index (Phi) is 3.63. The van der Waals surface area contributed by atoms with E-state index < -0.39 is 0 Å². The van der Waals surface area contributed by atoms with E-state index in [9.17, 15) is 0 Å². The molecule has 4 nitrogen and oxygen atoms in total. The first-order valence-electron chi connectivity index (χ1n) is 5.96. The number of hydrogen-bond donors (Lipinski definition) is 1. The maximum absolute atomic E-state index is 5.93. The highest BCUT2D eigenvalue weighted by atomic mass is 15.3. The van der Waals surface area contributed by atoms with Crippen molar-refractivity contribution in [2.45, 2.75) is 6.04 Å².